The zero-order valence-electron chi connectivity index (χ0n) is 15.3. The molecule has 28 heavy (non-hydrogen) atoms. The number of aromatic nitrogens is 1. The first-order valence-corrected chi connectivity index (χ1v) is 8.84. The van der Waals surface area contributed by atoms with Gasteiger partial charge in [-0.1, -0.05) is 35.9 Å². The number of halogens is 1. The van der Waals surface area contributed by atoms with Gasteiger partial charge in [-0.05, 0) is 48.9 Å². The molecule has 2 amide bonds. The van der Waals surface area contributed by atoms with E-state index in [-0.39, 0.29) is 11.4 Å². The number of nitrogens with one attached hydrogen (secondary N) is 2. The molecule has 0 radical (unpaired) electrons. The predicted molar refractivity (Wildman–Crippen MR) is 109 cm³/mol. The number of aryl methyl sites for hydroxylation is 1. The molecule has 0 aliphatic heterocycles. The second-order valence-electron chi connectivity index (χ2n) is 5.98. The highest BCUT2D eigenvalue weighted by Crippen LogP contribution is 2.23. The summed E-state index contributed by atoms with van der Waals surface area (Å²) in [6.07, 6.45) is 0. The summed E-state index contributed by atoms with van der Waals surface area (Å²) in [5, 5.41) is 6.01. The molecule has 0 saturated carbocycles. The number of para-hydroxylation sites is 2. The van der Waals surface area contributed by atoms with Gasteiger partial charge in [0, 0.05) is 10.7 Å². The second-order valence-corrected chi connectivity index (χ2v) is 6.39. The Kier molecular flexibility index (Phi) is 5.91. The molecule has 0 aliphatic carbocycles. The molecule has 0 bridgehead atoms. The molecule has 2 N–H and O–H groups in total. The summed E-state index contributed by atoms with van der Waals surface area (Å²) in [5.74, 6) is -0.356. The number of carbonyl (C=O) groups is 2. The van der Waals surface area contributed by atoms with Gasteiger partial charge in [0.2, 0.25) is 0 Å². The van der Waals surface area contributed by atoms with E-state index in [4.69, 9.17) is 16.3 Å². The predicted octanol–water partition coefficient (Wildman–Crippen LogP) is 4.56. The minimum absolute atomic E-state index is 0.112. The largest absolute Gasteiger partial charge is 0.495 e. The van der Waals surface area contributed by atoms with Crippen LogP contribution in [0.5, 0.6) is 5.75 Å². The quantitative estimate of drug-likeness (QED) is 0.663. The van der Waals surface area contributed by atoms with Crippen LogP contribution in [-0.2, 0) is 0 Å². The number of hydrogen-bond donors (Lipinski definition) is 2. The molecule has 7 heteroatoms. The van der Waals surface area contributed by atoms with Crippen LogP contribution in [0.2, 0.25) is 5.02 Å². The first-order chi connectivity index (χ1) is 13.5. The Bertz CT molecular complexity index is 1040. The molecule has 3 aromatic rings. The van der Waals surface area contributed by atoms with Gasteiger partial charge in [0.25, 0.3) is 11.8 Å². The van der Waals surface area contributed by atoms with Crippen LogP contribution < -0.4 is 15.4 Å². The topological polar surface area (TPSA) is 80.3 Å². The molecule has 2 aromatic carbocycles. The van der Waals surface area contributed by atoms with Gasteiger partial charge in [0.05, 0.1) is 12.8 Å². The lowest BCUT2D eigenvalue weighted by atomic mass is 10.2. The van der Waals surface area contributed by atoms with Gasteiger partial charge >= 0.3 is 0 Å². The number of benzene rings is 2. The summed E-state index contributed by atoms with van der Waals surface area (Å²) in [7, 11) is 1.52. The Labute approximate surface area is 167 Å². The molecule has 1 aromatic heterocycles. The second kappa shape index (κ2) is 8.54. The first kappa shape index (κ1) is 19.4. The van der Waals surface area contributed by atoms with Crippen molar-refractivity contribution in [3.05, 3.63) is 82.6 Å². The van der Waals surface area contributed by atoms with Crippen molar-refractivity contribution in [2.75, 3.05) is 17.7 Å². The van der Waals surface area contributed by atoms with Crippen molar-refractivity contribution in [1.82, 2.24) is 4.98 Å². The number of ether oxygens (including phenoxy) is 1. The molecule has 0 aliphatic rings. The standard InChI is InChI=1S/C21H18ClN3O3/c1-13-10-11-14(12-15(13)22)23-20(26)17-7-5-8-18(24-17)21(27)25-16-6-3-4-9-19(16)28-2/h3-12H,1-2H3,(H,23,26)(H,25,27). The minimum Gasteiger partial charge on any atom is -0.495 e. The van der Waals surface area contributed by atoms with Crippen LogP contribution >= 0.6 is 11.6 Å². The van der Waals surface area contributed by atoms with Crippen molar-refractivity contribution in [2.45, 2.75) is 6.92 Å². The lowest BCUT2D eigenvalue weighted by Gasteiger charge is -2.10. The summed E-state index contributed by atoms with van der Waals surface area (Å²) in [4.78, 5) is 29.2. The van der Waals surface area contributed by atoms with E-state index >= 15 is 0 Å². The van der Waals surface area contributed by atoms with Crippen molar-refractivity contribution in [3.8, 4) is 5.75 Å². The fourth-order valence-corrected chi connectivity index (χ4v) is 2.67. The first-order valence-electron chi connectivity index (χ1n) is 8.47. The average Bonchev–Trinajstić information content (AvgIpc) is 2.71. The number of hydrogen-bond acceptors (Lipinski definition) is 4. The van der Waals surface area contributed by atoms with E-state index in [2.05, 4.69) is 15.6 Å². The minimum atomic E-state index is -0.447. The number of rotatable bonds is 5. The summed E-state index contributed by atoms with van der Waals surface area (Å²) < 4.78 is 5.22. The molecule has 6 nitrogen and oxygen atoms in total. The molecule has 142 valence electrons. The summed E-state index contributed by atoms with van der Waals surface area (Å²) >= 11 is 6.08. The van der Waals surface area contributed by atoms with Crippen LogP contribution in [0, 0.1) is 6.92 Å². The van der Waals surface area contributed by atoms with Crippen molar-refractivity contribution < 1.29 is 14.3 Å². The molecule has 0 atom stereocenters. The van der Waals surface area contributed by atoms with Gasteiger partial charge in [-0.3, -0.25) is 9.59 Å². The fraction of sp³-hybridized carbons (Fsp3) is 0.0952. The lowest BCUT2D eigenvalue weighted by Crippen LogP contribution is -2.18. The highest BCUT2D eigenvalue weighted by Gasteiger charge is 2.14. The summed E-state index contributed by atoms with van der Waals surface area (Å²) in [6.45, 7) is 1.87. The Morgan fingerprint density at radius 3 is 2.29 bits per heavy atom. The van der Waals surface area contributed by atoms with E-state index < -0.39 is 11.8 Å². The Morgan fingerprint density at radius 1 is 0.929 bits per heavy atom. The number of carbonyl (C=O) groups excluding carboxylic acids is 2. The zero-order chi connectivity index (χ0) is 20.1. The summed E-state index contributed by atoms with van der Waals surface area (Å²) in [5.41, 5.74) is 2.20. The third-order valence-electron chi connectivity index (χ3n) is 4.00. The highest BCUT2D eigenvalue weighted by atomic mass is 35.5. The van der Waals surface area contributed by atoms with Crippen molar-refractivity contribution in [1.29, 1.82) is 0 Å². The molecule has 1 heterocycles. The number of anilines is 2. The maximum absolute atomic E-state index is 12.5. The number of amides is 2. The monoisotopic (exact) mass is 395 g/mol. The van der Waals surface area contributed by atoms with E-state index in [1.807, 2.05) is 13.0 Å². The third kappa shape index (κ3) is 4.47. The zero-order valence-corrected chi connectivity index (χ0v) is 16.1. The Morgan fingerprint density at radius 2 is 1.61 bits per heavy atom. The smallest absolute Gasteiger partial charge is 0.274 e. The van der Waals surface area contributed by atoms with Crippen molar-refractivity contribution in [3.63, 3.8) is 0 Å². The van der Waals surface area contributed by atoms with Crippen LogP contribution in [0.25, 0.3) is 0 Å². The van der Waals surface area contributed by atoms with E-state index in [1.165, 1.54) is 19.2 Å². The average molecular weight is 396 g/mol. The van der Waals surface area contributed by atoms with Gasteiger partial charge < -0.3 is 15.4 Å². The molecular formula is C21H18ClN3O3. The van der Waals surface area contributed by atoms with Crippen LogP contribution in [0.15, 0.2) is 60.7 Å². The molecular weight excluding hydrogens is 378 g/mol. The van der Waals surface area contributed by atoms with Gasteiger partial charge in [0.1, 0.15) is 17.1 Å². The van der Waals surface area contributed by atoms with E-state index in [9.17, 15) is 9.59 Å². The molecule has 0 saturated heterocycles. The molecule has 0 unspecified atom stereocenters. The van der Waals surface area contributed by atoms with Crippen molar-refractivity contribution in [2.24, 2.45) is 0 Å². The van der Waals surface area contributed by atoms with Gasteiger partial charge in [-0.15, -0.1) is 0 Å². The maximum Gasteiger partial charge on any atom is 0.274 e. The molecule has 0 spiro atoms. The van der Waals surface area contributed by atoms with E-state index in [0.29, 0.717) is 22.1 Å². The van der Waals surface area contributed by atoms with E-state index in [1.54, 1.807) is 42.5 Å². The molecule has 3 rings (SSSR count). The van der Waals surface area contributed by atoms with Crippen LogP contribution in [0.4, 0.5) is 11.4 Å². The molecule has 0 fully saturated rings. The normalized spacial score (nSPS) is 10.2. The van der Waals surface area contributed by atoms with E-state index in [0.717, 1.165) is 5.56 Å². The fourth-order valence-electron chi connectivity index (χ4n) is 2.49. The van der Waals surface area contributed by atoms with Gasteiger partial charge in [-0.2, -0.15) is 0 Å². The summed E-state index contributed by atoms with van der Waals surface area (Å²) in [6, 6.07) is 16.9. The van der Waals surface area contributed by atoms with Crippen molar-refractivity contribution >= 4 is 34.8 Å². The Hall–Kier alpha value is -3.38. The van der Waals surface area contributed by atoms with Gasteiger partial charge in [-0.25, -0.2) is 4.98 Å². The number of pyridine rings is 1. The van der Waals surface area contributed by atoms with Crippen LogP contribution in [0.3, 0.4) is 0 Å². The highest BCUT2D eigenvalue weighted by molar-refractivity contribution is 6.31. The third-order valence-corrected chi connectivity index (χ3v) is 4.41. The van der Waals surface area contributed by atoms with Gasteiger partial charge in [0.15, 0.2) is 0 Å². The number of methoxy groups -OCH3 is 1. The maximum atomic E-state index is 12.5. The Balaban J connectivity index is 1.76. The van der Waals surface area contributed by atoms with Crippen LogP contribution in [-0.4, -0.2) is 23.9 Å². The SMILES string of the molecule is COc1ccccc1NC(=O)c1cccc(C(=O)Nc2ccc(C)c(Cl)c2)n1. The lowest BCUT2D eigenvalue weighted by molar-refractivity contribution is 0.101. The van der Waals surface area contributed by atoms with Crippen LogP contribution in [0.1, 0.15) is 26.5 Å². The number of nitrogens with zero attached hydrogens (tertiary/aromatic N) is 1.